The monoisotopic (exact) mass is 413 g/mol. The molecule has 9 heteroatoms. The van der Waals surface area contributed by atoms with E-state index in [2.05, 4.69) is 25.6 Å². The lowest BCUT2D eigenvalue weighted by molar-refractivity contribution is 0.102. The molecule has 31 heavy (non-hydrogen) atoms. The number of nitrogens with zero attached hydrogens (tertiary/aromatic N) is 6. The van der Waals surface area contributed by atoms with Crippen molar-refractivity contribution < 1.29 is 9.53 Å². The number of imidazole rings is 1. The number of amides is 1. The summed E-state index contributed by atoms with van der Waals surface area (Å²) in [5, 5.41) is 11.0. The van der Waals surface area contributed by atoms with Gasteiger partial charge < -0.3 is 14.6 Å². The molecule has 4 aromatic rings. The standard InChI is InChI=1S/C22H19N7O2/c30-22(18-10-15(6-7-23-18)28-12-19(24-13-28)14-4-5-14)26-17-3-1-2-16-20-11-25-27-29(20)8-9-31-21(16)17/h1-3,6-7,10-14H,4-5,8-9H2,(H,26,30). The number of pyridine rings is 1. The number of carbonyl (C=O) groups excluding carboxylic acids is 1. The Morgan fingerprint density at radius 2 is 2.13 bits per heavy atom. The lowest BCUT2D eigenvalue weighted by Gasteiger charge is -2.13. The van der Waals surface area contributed by atoms with Gasteiger partial charge in [0.25, 0.3) is 5.91 Å². The van der Waals surface area contributed by atoms with Gasteiger partial charge in [-0.3, -0.25) is 9.78 Å². The van der Waals surface area contributed by atoms with E-state index in [-0.39, 0.29) is 5.91 Å². The van der Waals surface area contributed by atoms with Gasteiger partial charge >= 0.3 is 0 Å². The predicted octanol–water partition coefficient (Wildman–Crippen LogP) is 3.05. The van der Waals surface area contributed by atoms with Crippen molar-refractivity contribution >= 4 is 11.6 Å². The molecule has 1 aliphatic carbocycles. The van der Waals surface area contributed by atoms with Gasteiger partial charge in [-0.05, 0) is 37.1 Å². The molecule has 1 aliphatic heterocycles. The van der Waals surface area contributed by atoms with Gasteiger partial charge in [-0.15, -0.1) is 5.10 Å². The van der Waals surface area contributed by atoms with Gasteiger partial charge in [0.15, 0.2) is 5.75 Å². The maximum absolute atomic E-state index is 13.0. The summed E-state index contributed by atoms with van der Waals surface area (Å²) in [5.74, 6) is 0.875. The number of ether oxygens (including phenoxy) is 1. The third-order valence-corrected chi connectivity index (χ3v) is 5.58. The van der Waals surface area contributed by atoms with Gasteiger partial charge in [0.05, 0.1) is 41.8 Å². The van der Waals surface area contributed by atoms with Gasteiger partial charge in [0.2, 0.25) is 0 Å². The number of para-hydroxylation sites is 1. The van der Waals surface area contributed by atoms with E-state index in [1.807, 2.05) is 35.0 Å². The molecular formula is C22H19N7O2. The Labute approximate surface area is 177 Å². The third kappa shape index (κ3) is 3.24. The van der Waals surface area contributed by atoms with Crippen LogP contribution in [0.5, 0.6) is 5.75 Å². The van der Waals surface area contributed by atoms with E-state index in [0.29, 0.717) is 36.2 Å². The van der Waals surface area contributed by atoms with Crippen molar-refractivity contribution in [2.24, 2.45) is 0 Å². The smallest absolute Gasteiger partial charge is 0.274 e. The molecule has 9 nitrogen and oxygen atoms in total. The topological polar surface area (TPSA) is 99.8 Å². The van der Waals surface area contributed by atoms with Crippen LogP contribution in [0.2, 0.25) is 0 Å². The van der Waals surface area contributed by atoms with Crippen LogP contribution in [-0.4, -0.2) is 42.0 Å². The fourth-order valence-corrected chi connectivity index (χ4v) is 3.82. The van der Waals surface area contributed by atoms with Crippen LogP contribution < -0.4 is 10.1 Å². The molecule has 0 radical (unpaired) electrons. The van der Waals surface area contributed by atoms with Crippen molar-refractivity contribution in [3.05, 3.63) is 66.6 Å². The largest absolute Gasteiger partial charge is 0.489 e. The quantitative estimate of drug-likeness (QED) is 0.552. The number of carbonyl (C=O) groups is 1. The molecule has 1 amide bonds. The molecule has 1 saturated carbocycles. The summed E-state index contributed by atoms with van der Waals surface area (Å²) in [6.07, 6.45) is 9.53. The van der Waals surface area contributed by atoms with Crippen LogP contribution in [0.25, 0.3) is 16.9 Å². The highest BCUT2D eigenvalue weighted by Gasteiger charge is 2.26. The van der Waals surface area contributed by atoms with Crippen LogP contribution in [-0.2, 0) is 6.54 Å². The van der Waals surface area contributed by atoms with Gasteiger partial charge in [0.1, 0.15) is 12.3 Å². The summed E-state index contributed by atoms with van der Waals surface area (Å²) in [6.45, 7) is 1.03. The van der Waals surface area contributed by atoms with Crippen LogP contribution in [0.4, 0.5) is 5.69 Å². The Bertz CT molecular complexity index is 1290. The fourth-order valence-electron chi connectivity index (χ4n) is 3.82. The SMILES string of the molecule is O=C(Nc1cccc2c1OCCn1nncc1-2)c1cc(-n2cnc(C3CC3)c2)ccn1. The predicted molar refractivity (Wildman–Crippen MR) is 112 cm³/mol. The van der Waals surface area contributed by atoms with Gasteiger partial charge in [-0.25, -0.2) is 9.67 Å². The van der Waals surface area contributed by atoms with Crippen molar-refractivity contribution in [2.45, 2.75) is 25.3 Å². The van der Waals surface area contributed by atoms with Crippen LogP contribution >= 0.6 is 0 Å². The fraction of sp³-hybridized carbons (Fsp3) is 0.227. The lowest BCUT2D eigenvalue weighted by atomic mass is 10.1. The number of anilines is 1. The summed E-state index contributed by atoms with van der Waals surface area (Å²) < 4.78 is 9.67. The van der Waals surface area contributed by atoms with Crippen LogP contribution in [0.15, 0.2) is 55.2 Å². The second kappa shape index (κ2) is 7.05. The highest BCUT2D eigenvalue weighted by Crippen LogP contribution is 2.39. The number of benzene rings is 1. The lowest BCUT2D eigenvalue weighted by Crippen LogP contribution is -2.15. The van der Waals surface area contributed by atoms with E-state index >= 15 is 0 Å². The molecule has 4 heterocycles. The second-order valence-corrected chi connectivity index (χ2v) is 7.71. The Hall–Kier alpha value is -4.01. The second-order valence-electron chi connectivity index (χ2n) is 7.71. The van der Waals surface area contributed by atoms with Crippen LogP contribution in [0.3, 0.4) is 0 Å². The third-order valence-electron chi connectivity index (χ3n) is 5.58. The summed E-state index contributed by atoms with van der Waals surface area (Å²) in [5.41, 5.74) is 4.54. The molecule has 2 aliphatic rings. The molecule has 0 spiro atoms. The molecule has 0 saturated heterocycles. The average Bonchev–Trinajstić information content (AvgIpc) is 3.39. The Morgan fingerprint density at radius 3 is 3.03 bits per heavy atom. The Kier molecular flexibility index (Phi) is 4.05. The molecular weight excluding hydrogens is 394 g/mol. The Balaban J connectivity index is 1.29. The Morgan fingerprint density at radius 1 is 1.19 bits per heavy atom. The first-order valence-electron chi connectivity index (χ1n) is 10.2. The molecule has 6 rings (SSSR count). The van der Waals surface area contributed by atoms with Crippen molar-refractivity contribution in [3.8, 4) is 22.7 Å². The minimum absolute atomic E-state index is 0.308. The van der Waals surface area contributed by atoms with Gasteiger partial charge in [0, 0.05) is 23.9 Å². The molecule has 154 valence electrons. The van der Waals surface area contributed by atoms with E-state index in [4.69, 9.17) is 4.74 Å². The summed E-state index contributed by atoms with van der Waals surface area (Å²) >= 11 is 0. The first-order chi connectivity index (χ1) is 15.3. The average molecular weight is 413 g/mol. The number of aromatic nitrogens is 6. The normalized spacial score (nSPS) is 14.8. The maximum atomic E-state index is 13.0. The van der Waals surface area contributed by atoms with E-state index in [1.165, 1.54) is 12.8 Å². The summed E-state index contributed by atoms with van der Waals surface area (Å²) in [7, 11) is 0. The van der Waals surface area contributed by atoms with Crippen molar-refractivity contribution in [3.63, 3.8) is 0 Å². The number of hydrogen-bond donors (Lipinski definition) is 1. The molecule has 0 bridgehead atoms. The number of nitrogens with one attached hydrogen (secondary N) is 1. The van der Waals surface area contributed by atoms with Crippen molar-refractivity contribution in [1.29, 1.82) is 0 Å². The van der Waals surface area contributed by atoms with Crippen molar-refractivity contribution in [2.75, 3.05) is 11.9 Å². The molecule has 3 aromatic heterocycles. The van der Waals surface area contributed by atoms with E-state index < -0.39 is 0 Å². The highest BCUT2D eigenvalue weighted by molar-refractivity contribution is 6.04. The van der Waals surface area contributed by atoms with Gasteiger partial charge in [-0.1, -0.05) is 11.3 Å². The first kappa shape index (κ1) is 17.8. The minimum Gasteiger partial charge on any atom is -0.489 e. The zero-order valence-corrected chi connectivity index (χ0v) is 16.6. The van der Waals surface area contributed by atoms with Crippen molar-refractivity contribution in [1.82, 2.24) is 29.5 Å². The molecule has 1 aromatic carbocycles. The number of rotatable bonds is 4. The molecule has 1 fully saturated rings. The highest BCUT2D eigenvalue weighted by atomic mass is 16.5. The van der Waals surface area contributed by atoms with Gasteiger partial charge in [-0.2, -0.15) is 0 Å². The summed E-state index contributed by atoms with van der Waals surface area (Å²) in [6, 6.07) is 9.24. The zero-order chi connectivity index (χ0) is 20.8. The zero-order valence-electron chi connectivity index (χ0n) is 16.6. The van der Waals surface area contributed by atoms with E-state index in [9.17, 15) is 4.79 Å². The number of fused-ring (bicyclic) bond motifs is 3. The van der Waals surface area contributed by atoms with Crippen LogP contribution in [0, 0.1) is 0 Å². The first-order valence-corrected chi connectivity index (χ1v) is 10.2. The molecule has 1 N–H and O–H groups in total. The minimum atomic E-state index is -0.308. The molecule has 0 unspecified atom stereocenters. The summed E-state index contributed by atoms with van der Waals surface area (Å²) in [4.78, 5) is 21.7. The van der Waals surface area contributed by atoms with E-state index in [1.54, 1.807) is 29.5 Å². The van der Waals surface area contributed by atoms with E-state index in [0.717, 1.165) is 22.6 Å². The van der Waals surface area contributed by atoms with Crippen LogP contribution in [0.1, 0.15) is 34.9 Å². The maximum Gasteiger partial charge on any atom is 0.274 e. The number of hydrogen-bond acceptors (Lipinski definition) is 6. The molecule has 0 atom stereocenters.